The fourth-order valence-corrected chi connectivity index (χ4v) is 3.85. The molecule has 2 aliphatic rings. The van der Waals surface area contributed by atoms with Gasteiger partial charge < -0.3 is 24.3 Å². The van der Waals surface area contributed by atoms with Gasteiger partial charge >= 0.3 is 24.3 Å². The van der Waals surface area contributed by atoms with Crippen molar-refractivity contribution in [2.45, 2.75) is 56.5 Å². The van der Waals surface area contributed by atoms with E-state index >= 15 is 0 Å². The van der Waals surface area contributed by atoms with Crippen LogP contribution in [0.2, 0.25) is 0 Å². The Hall–Kier alpha value is -3.66. The summed E-state index contributed by atoms with van der Waals surface area (Å²) in [5.74, 6) is -4.51. The lowest BCUT2D eigenvalue weighted by Gasteiger charge is -2.23. The lowest BCUT2D eigenvalue weighted by atomic mass is 10.1. The molecule has 10 nitrogen and oxygen atoms in total. The van der Waals surface area contributed by atoms with Crippen LogP contribution in [0.5, 0.6) is 0 Å². The molecule has 16 heteroatoms. The molecule has 2 fully saturated rings. The number of pyridine rings is 1. The number of rotatable bonds is 5. The number of likely N-dealkylation sites (tertiary alicyclic amines) is 1. The molecule has 2 N–H and O–H groups in total. The van der Waals surface area contributed by atoms with E-state index in [-0.39, 0.29) is 18.1 Å². The Morgan fingerprint density at radius 2 is 1.67 bits per heavy atom. The van der Waals surface area contributed by atoms with Gasteiger partial charge in [0, 0.05) is 32.3 Å². The van der Waals surface area contributed by atoms with Crippen LogP contribution in [0.4, 0.5) is 26.3 Å². The molecule has 2 saturated heterocycles. The second-order valence-corrected chi connectivity index (χ2v) is 8.43. The molecule has 4 heterocycles. The molecule has 0 radical (unpaired) electrons. The number of hydrogen-bond acceptors (Lipinski definition) is 7. The van der Waals surface area contributed by atoms with E-state index in [0.29, 0.717) is 12.6 Å². The summed E-state index contributed by atoms with van der Waals surface area (Å²) in [6.45, 7) is 2.27. The van der Waals surface area contributed by atoms with Crippen molar-refractivity contribution >= 4 is 17.8 Å². The summed E-state index contributed by atoms with van der Waals surface area (Å²) in [5, 5.41) is 14.2. The summed E-state index contributed by atoms with van der Waals surface area (Å²) in [6, 6.07) is 9.93. The van der Waals surface area contributed by atoms with E-state index in [9.17, 15) is 31.1 Å². The average Bonchev–Trinajstić information content (AvgIpc) is 3.58. The first kappa shape index (κ1) is 31.6. The standard InChI is InChI=1S/C19H23N3O3.2C2HF3O2/c1-21(12-14-5-2-3-8-20-14)19(23)18-11-16-17(25-18)7-9-22(16)13-15-6-4-10-24-15;2*3-2(4,5)1(6)7/h2-6,8,10,16-18H,7,9,11-13H2,1H3;2*(H,6,7)/t16-,17-,18+;;/m0../s1. The van der Waals surface area contributed by atoms with Crippen molar-refractivity contribution in [1.82, 2.24) is 14.8 Å². The largest absolute Gasteiger partial charge is 0.490 e. The number of aliphatic carboxylic acids is 2. The van der Waals surface area contributed by atoms with E-state index in [1.807, 2.05) is 37.4 Å². The predicted molar refractivity (Wildman–Crippen MR) is 119 cm³/mol. The number of likely N-dealkylation sites (N-methyl/N-ethyl adjacent to an activating group) is 1. The first-order valence-electron chi connectivity index (χ1n) is 11.3. The third-order valence-electron chi connectivity index (χ3n) is 5.59. The highest BCUT2D eigenvalue weighted by atomic mass is 19.4. The van der Waals surface area contributed by atoms with Gasteiger partial charge in [0.2, 0.25) is 0 Å². The Morgan fingerprint density at radius 3 is 2.15 bits per heavy atom. The molecule has 0 aromatic carbocycles. The van der Waals surface area contributed by atoms with Crippen LogP contribution >= 0.6 is 0 Å². The number of nitrogens with zero attached hydrogens (tertiary/aromatic N) is 3. The normalized spacial score (nSPS) is 20.6. The van der Waals surface area contributed by atoms with Crippen LogP contribution in [0.1, 0.15) is 24.3 Å². The number of carboxylic acid groups (broad SMARTS) is 2. The van der Waals surface area contributed by atoms with E-state index in [1.54, 1.807) is 17.4 Å². The highest BCUT2D eigenvalue weighted by Crippen LogP contribution is 2.34. The van der Waals surface area contributed by atoms with Crippen LogP contribution < -0.4 is 0 Å². The lowest BCUT2D eigenvalue weighted by Crippen LogP contribution is -2.37. The van der Waals surface area contributed by atoms with E-state index in [0.717, 1.165) is 37.4 Å². The van der Waals surface area contributed by atoms with Gasteiger partial charge in [-0.1, -0.05) is 6.07 Å². The number of halogens is 6. The van der Waals surface area contributed by atoms with Gasteiger partial charge in [-0.25, -0.2) is 9.59 Å². The topological polar surface area (TPSA) is 133 Å². The minimum absolute atomic E-state index is 0.0398. The number of fused-ring (bicyclic) bond motifs is 1. The molecule has 2 aromatic heterocycles. The molecule has 2 aliphatic heterocycles. The first-order valence-corrected chi connectivity index (χ1v) is 11.3. The van der Waals surface area contributed by atoms with E-state index in [1.165, 1.54) is 0 Å². The van der Waals surface area contributed by atoms with Crippen molar-refractivity contribution in [2.75, 3.05) is 13.6 Å². The molecule has 1 amide bonds. The Labute approximate surface area is 217 Å². The molecule has 216 valence electrons. The van der Waals surface area contributed by atoms with Gasteiger partial charge in [-0.2, -0.15) is 26.3 Å². The number of ether oxygens (including phenoxy) is 1. The van der Waals surface area contributed by atoms with Crippen LogP contribution in [0.15, 0.2) is 47.2 Å². The van der Waals surface area contributed by atoms with Gasteiger partial charge in [0.15, 0.2) is 0 Å². The Morgan fingerprint density at radius 1 is 1.05 bits per heavy atom. The molecule has 0 saturated carbocycles. The molecule has 0 unspecified atom stereocenters. The Kier molecular flexibility index (Phi) is 10.9. The van der Waals surface area contributed by atoms with Crippen molar-refractivity contribution in [1.29, 1.82) is 0 Å². The number of hydrogen-bond donors (Lipinski definition) is 2. The van der Waals surface area contributed by atoms with Crippen LogP contribution in [0.25, 0.3) is 0 Å². The molecule has 0 aliphatic carbocycles. The summed E-state index contributed by atoms with van der Waals surface area (Å²) >= 11 is 0. The Bertz CT molecular complexity index is 1060. The average molecular weight is 569 g/mol. The van der Waals surface area contributed by atoms with Gasteiger partial charge in [0.25, 0.3) is 5.91 Å². The third kappa shape index (κ3) is 9.86. The quantitative estimate of drug-likeness (QED) is 0.520. The van der Waals surface area contributed by atoms with Crippen molar-refractivity contribution in [3.8, 4) is 0 Å². The van der Waals surface area contributed by atoms with Crippen molar-refractivity contribution < 1.29 is 60.1 Å². The summed E-state index contributed by atoms with van der Waals surface area (Å²) in [5.41, 5.74) is 0.885. The fraction of sp³-hybridized carbons (Fsp3) is 0.478. The molecule has 0 bridgehead atoms. The van der Waals surface area contributed by atoms with Crippen molar-refractivity contribution in [2.24, 2.45) is 0 Å². The van der Waals surface area contributed by atoms with Gasteiger partial charge in [-0.3, -0.25) is 14.7 Å². The molecular formula is C23H25F6N3O7. The lowest BCUT2D eigenvalue weighted by molar-refractivity contribution is -0.193. The minimum Gasteiger partial charge on any atom is -0.475 e. The van der Waals surface area contributed by atoms with E-state index < -0.39 is 24.3 Å². The van der Waals surface area contributed by atoms with Gasteiger partial charge in [0.05, 0.1) is 31.2 Å². The number of furan rings is 1. The first-order chi connectivity index (χ1) is 18.1. The summed E-state index contributed by atoms with van der Waals surface area (Å²) in [7, 11) is 1.81. The van der Waals surface area contributed by atoms with Gasteiger partial charge in [-0.15, -0.1) is 0 Å². The number of carboxylic acids is 2. The third-order valence-corrected chi connectivity index (χ3v) is 5.59. The zero-order valence-corrected chi connectivity index (χ0v) is 20.4. The molecule has 39 heavy (non-hydrogen) atoms. The number of alkyl halides is 6. The smallest absolute Gasteiger partial charge is 0.475 e. The SMILES string of the molecule is CN(Cc1ccccn1)C(=O)[C@H]1C[C@H]2[C@H](CCN2Cc2ccco2)O1.O=C(O)C(F)(F)F.O=C(O)C(F)(F)F. The molecule has 2 aromatic rings. The number of carbonyl (C=O) groups is 3. The maximum atomic E-state index is 12.7. The maximum absolute atomic E-state index is 12.7. The van der Waals surface area contributed by atoms with Crippen molar-refractivity contribution in [3.05, 3.63) is 54.2 Å². The monoisotopic (exact) mass is 569 g/mol. The van der Waals surface area contributed by atoms with Crippen LogP contribution in [-0.4, -0.2) is 87.0 Å². The molecule has 3 atom stereocenters. The zero-order chi connectivity index (χ0) is 29.4. The maximum Gasteiger partial charge on any atom is 0.490 e. The van der Waals surface area contributed by atoms with Crippen molar-refractivity contribution in [3.63, 3.8) is 0 Å². The fourth-order valence-electron chi connectivity index (χ4n) is 3.85. The summed E-state index contributed by atoms with van der Waals surface area (Å²) in [4.78, 5) is 38.9. The zero-order valence-electron chi connectivity index (χ0n) is 20.4. The second kappa shape index (κ2) is 13.4. The molecule has 0 spiro atoms. The molecule has 4 rings (SSSR count). The predicted octanol–water partition coefficient (Wildman–Crippen LogP) is 3.33. The van der Waals surface area contributed by atoms with Crippen LogP contribution in [0.3, 0.4) is 0 Å². The summed E-state index contributed by atoms with van der Waals surface area (Å²) < 4.78 is 75.0. The second-order valence-electron chi connectivity index (χ2n) is 8.43. The Balaban J connectivity index is 0.000000317. The highest BCUT2D eigenvalue weighted by Gasteiger charge is 2.46. The number of aromatic nitrogens is 1. The van der Waals surface area contributed by atoms with Crippen LogP contribution in [0, 0.1) is 0 Å². The number of carbonyl (C=O) groups excluding carboxylic acids is 1. The van der Waals surface area contributed by atoms with Gasteiger partial charge in [-0.05, 0) is 30.7 Å². The van der Waals surface area contributed by atoms with Gasteiger partial charge in [0.1, 0.15) is 11.9 Å². The number of amides is 1. The minimum atomic E-state index is -5.08. The highest BCUT2D eigenvalue weighted by molar-refractivity contribution is 5.81. The summed E-state index contributed by atoms with van der Waals surface area (Å²) in [6.07, 6.45) is -5.21. The van der Waals surface area contributed by atoms with Crippen LogP contribution in [-0.2, 0) is 32.2 Å². The molecular weight excluding hydrogens is 544 g/mol. The van der Waals surface area contributed by atoms with E-state index in [4.69, 9.17) is 29.0 Å². The van der Waals surface area contributed by atoms with E-state index in [2.05, 4.69) is 9.88 Å².